The number of hydrogen-bond acceptors (Lipinski definition) is 8. The number of nitrogens with one attached hydrogen (secondary N) is 2. The number of piperidine rings is 1. The summed E-state index contributed by atoms with van der Waals surface area (Å²) in [6.45, 7) is 9.57. The van der Waals surface area contributed by atoms with Crippen LogP contribution in [0.2, 0.25) is 0 Å². The first kappa shape index (κ1) is 38.0. The van der Waals surface area contributed by atoms with Crippen LogP contribution in [-0.2, 0) is 35.2 Å². The average molecular weight is 666 g/mol. The lowest BCUT2D eigenvalue weighted by Crippen LogP contribution is -2.60. The van der Waals surface area contributed by atoms with Crippen molar-refractivity contribution in [2.45, 2.75) is 110 Å². The van der Waals surface area contributed by atoms with Crippen molar-refractivity contribution >= 4 is 29.8 Å². The molecule has 3 amide bonds. The van der Waals surface area contributed by atoms with Crippen LogP contribution in [0.15, 0.2) is 60.7 Å². The second kappa shape index (κ2) is 18.8. The number of unbranched alkanes of at least 4 members (excludes halogenated alkanes) is 1. The summed E-state index contributed by atoms with van der Waals surface area (Å²) in [5.41, 5.74) is 0.519. The van der Waals surface area contributed by atoms with Crippen LogP contribution in [0, 0.1) is 5.92 Å². The van der Waals surface area contributed by atoms with Crippen LogP contribution in [-0.4, -0.2) is 71.6 Å². The SMILES string of the molecule is CC[C@H](C)[C@H](NC(=O)OC(C)(C)C)C(=O)N1CCCC[C@H]1C(=O)N[C@@H](CCCCOC(=O)c1ccccc1)C(=O)OCc1ccccc1. The Morgan fingerprint density at radius 1 is 0.896 bits per heavy atom. The van der Waals surface area contributed by atoms with Crippen molar-refractivity contribution in [3.63, 3.8) is 0 Å². The number of carbonyl (C=O) groups excluding carboxylic acids is 5. The lowest BCUT2D eigenvalue weighted by atomic mass is 9.94. The summed E-state index contributed by atoms with van der Waals surface area (Å²) in [5.74, 6) is -2.06. The third kappa shape index (κ3) is 12.3. The fourth-order valence-corrected chi connectivity index (χ4v) is 5.38. The Morgan fingerprint density at radius 3 is 2.21 bits per heavy atom. The van der Waals surface area contributed by atoms with Crippen LogP contribution in [0.25, 0.3) is 0 Å². The fourth-order valence-electron chi connectivity index (χ4n) is 5.38. The van der Waals surface area contributed by atoms with E-state index in [-0.39, 0.29) is 31.5 Å². The molecular weight excluding hydrogens is 614 g/mol. The number of amides is 3. The maximum absolute atomic E-state index is 13.9. The van der Waals surface area contributed by atoms with Crippen molar-refractivity contribution in [1.82, 2.24) is 15.5 Å². The molecule has 0 saturated carbocycles. The summed E-state index contributed by atoms with van der Waals surface area (Å²) in [5, 5.41) is 5.60. The molecule has 1 fully saturated rings. The summed E-state index contributed by atoms with van der Waals surface area (Å²) < 4.78 is 16.4. The Balaban J connectivity index is 1.69. The van der Waals surface area contributed by atoms with Gasteiger partial charge in [-0.15, -0.1) is 0 Å². The lowest BCUT2D eigenvalue weighted by molar-refractivity contribution is -0.151. The lowest BCUT2D eigenvalue weighted by Gasteiger charge is -2.38. The van der Waals surface area contributed by atoms with Gasteiger partial charge < -0.3 is 29.7 Å². The van der Waals surface area contributed by atoms with Crippen molar-refractivity contribution in [2.75, 3.05) is 13.2 Å². The van der Waals surface area contributed by atoms with Gasteiger partial charge in [-0.2, -0.15) is 0 Å². The van der Waals surface area contributed by atoms with Crippen LogP contribution in [0.1, 0.15) is 95.5 Å². The molecule has 0 radical (unpaired) electrons. The second-order valence-corrected chi connectivity index (χ2v) is 13.2. The quantitative estimate of drug-likeness (QED) is 0.143. The molecule has 11 heteroatoms. The van der Waals surface area contributed by atoms with Gasteiger partial charge in [0.15, 0.2) is 0 Å². The molecule has 1 saturated heterocycles. The molecule has 2 N–H and O–H groups in total. The number of hydrogen-bond donors (Lipinski definition) is 2. The normalized spacial score (nSPS) is 16.5. The van der Waals surface area contributed by atoms with E-state index in [1.165, 1.54) is 4.90 Å². The molecule has 1 aliphatic rings. The predicted octanol–water partition coefficient (Wildman–Crippen LogP) is 5.56. The summed E-state index contributed by atoms with van der Waals surface area (Å²) in [7, 11) is 0. The first-order valence-electron chi connectivity index (χ1n) is 16.9. The first-order valence-corrected chi connectivity index (χ1v) is 16.9. The zero-order valence-corrected chi connectivity index (χ0v) is 28.9. The van der Waals surface area contributed by atoms with E-state index in [2.05, 4.69) is 10.6 Å². The molecule has 48 heavy (non-hydrogen) atoms. The van der Waals surface area contributed by atoms with E-state index in [0.717, 1.165) is 12.0 Å². The number of benzene rings is 2. The fraction of sp³-hybridized carbons (Fsp3) is 0.541. The van der Waals surface area contributed by atoms with E-state index in [1.54, 1.807) is 45.0 Å². The number of carbonyl (C=O) groups is 5. The smallest absolute Gasteiger partial charge is 0.408 e. The highest BCUT2D eigenvalue weighted by molar-refractivity contribution is 5.93. The van der Waals surface area contributed by atoms with Gasteiger partial charge in [0, 0.05) is 6.54 Å². The van der Waals surface area contributed by atoms with E-state index in [1.807, 2.05) is 50.2 Å². The molecule has 1 heterocycles. The van der Waals surface area contributed by atoms with Crippen LogP contribution in [0.3, 0.4) is 0 Å². The molecule has 0 aromatic heterocycles. The third-order valence-electron chi connectivity index (χ3n) is 8.19. The van der Waals surface area contributed by atoms with Gasteiger partial charge in [0.05, 0.1) is 12.2 Å². The Bertz CT molecular complexity index is 1350. The standard InChI is InChI=1S/C37H51N3O8/c1-6-26(2)31(39-36(45)48-37(3,4)5)33(42)40-23-15-13-22-30(40)32(41)38-29(35(44)47-25-27-17-9-7-10-18-27)21-14-16-24-46-34(43)28-19-11-8-12-20-28/h7-12,17-20,26,29-31H,6,13-16,21-25H2,1-5H3,(H,38,41)(H,39,45)/t26-,29-,30-,31-/m0/s1. The van der Waals surface area contributed by atoms with Gasteiger partial charge in [0.25, 0.3) is 0 Å². The first-order chi connectivity index (χ1) is 22.9. The molecule has 0 bridgehead atoms. The van der Waals surface area contributed by atoms with Gasteiger partial charge in [-0.3, -0.25) is 9.59 Å². The highest BCUT2D eigenvalue weighted by atomic mass is 16.6. The van der Waals surface area contributed by atoms with Gasteiger partial charge >= 0.3 is 18.0 Å². The Labute approximate surface area is 284 Å². The van der Waals surface area contributed by atoms with Crippen LogP contribution < -0.4 is 10.6 Å². The maximum atomic E-state index is 13.9. The van der Waals surface area contributed by atoms with Crippen molar-refractivity contribution < 1.29 is 38.2 Å². The molecule has 0 unspecified atom stereocenters. The monoisotopic (exact) mass is 665 g/mol. The highest BCUT2D eigenvalue weighted by Crippen LogP contribution is 2.22. The molecule has 1 aliphatic heterocycles. The third-order valence-corrected chi connectivity index (χ3v) is 8.19. The van der Waals surface area contributed by atoms with E-state index >= 15 is 0 Å². The summed E-state index contributed by atoms with van der Waals surface area (Å²) in [6, 6.07) is 15.2. The maximum Gasteiger partial charge on any atom is 0.408 e. The minimum atomic E-state index is -0.977. The second-order valence-electron chi connectivity index (χ2n) is 13.2. The zero-order valence-electron chi connectivity index (χ0n) is 28.9. The molecule has 0 aliphatic carbocycles. The van der Waals surface area contributed by atoms with Gasteiger partial charge in [0.1, 0.15) is 30.3 Å². The largest absolute Gasteiger partial charge is 0.462 e. The van der Waals surface area contributed by atoms with Gasteiger partial charge in [-0.1, -0.05) is 68.8 Å². The molecule has 2 aromatic carbocycles. The molecule has 2 aromatic rings. The molecule has 3 rings (SSSR count). The molecular formula is C37H51N3O8. The van der Waals surface area contributed by atoms with E-state index in [9.17, 15) is 24.0 Å². The topological polar surface area (TPSA) is 140 Å². The number of alkyl carbamates (subject to hydrolysis) is 1. The molecule has 4 atom stereocenters. The number of likely N-dealkylation sites (tertiary alicyclic amines) is 1. The van der Waals surface area contributed by atoms with Gasteiger partial charge in [-0.25, -0.2) is 14.4 Å². The highest BCUT2D eigenvalue weighted by Gasteiger charge is 2.39. The predicted molar refractivity (Wildman–Crippen MR) is 181 cm³/mol. The van der Waals surface area contributed by atoms with Crippen LogP contribution in [0.4, 0.5) is 4.79 Å². The average Bonchev–Trinajstić information content (AvgIpc) is 3.08. The van der Waals surface area contributed by atoms with Crippen molar-refractivity contribution in [1.29, 1.82) is 0 Å². The number of esters is 2. The number of rotatable bonds is 15. The minimum absolute atomic E-state index is 0.0433. The van der Waals surface area contributed by atoms with E-state index < -0.39 is 47.7 Å². The Hall–Kier alpha value is -4.41. The minimum Gasteiger partial charge on any atom is -0.462 e. The summed E-state index contributed by atoms with van der Waals surface area (Å²) in [6.07, 6.45) is 2.96. The van der Waals surface area contributed by atoms with E-state index in [0.29, 0.717) is 44.2 Å². The Kier molecular flexibility index (Phi) is 14.9. The van der Waals surface area contributed by atoms with Gasteiger partial charge in [-0.05, 0) is 82.9 Å². The van der Waals surface area contributed by atoms with Crippen molar-refractivity contribution in [3.8, 4) is 0 Å². The van der Waals surface area contributed by atoms with Crippen molar-refractivity contribution in [2.24, 2.45) is 5.92 Å². The zero-order chi connectivity index (χ0) is 35.1. The van der Waals surface area contributed by atoms with E-state index in [4.69, 9.17) is 14.2 Å². The summed E-state index contributed by atoms with van der Waals surface area (Å²) in [4.78, 5) is 67.5. The van der Waals surface area contributed by atoms with Gasteiger partial charge in [0.2, 0.25) is 11.8 Å². The van der Waals surface area contributed by atoms with Crippen LogP contribution in [0.5, 0.6) is 0 Å². The number of ether oxygens (including phenoxy) is 3. The molecule has 0 spiro atoms. The van der Waals surface area contributed by atoms with Crippen LogP contribution >= 0.6 is 0 Å². The van der Waals surface area contributed by atoms with Crippen molar-refractivity contribution in [3.05, 3.63) is 71.8 Å². The number of nitrogens with zero attached hydrogens (tertiary/aromatic N) is 1. The molecule has 11 nitrogen and oxygen atoms in total. The summed E-state index contributed by atoms with van der Waals surface area (Å²) >= 11 is 0. The molecule has 262 valence electrons. The Morgan fingerprint density at radius 2 is 1.56 bits per heavy atom.